The molecule has 0 bridgehead atoms. The minimum atomic E-state index is -3.21. The Morgan fingerprint density at radius 1 is 1.07 bits per heavy atom. The van der Waals surface area contributed by atoms with E-state index >= 15 is 0 Å². The maximum absolute atomic E-state index is 11.9. The Labute approximate surface area is 146 Å². The van der Waals surface area contributed by atoms with Gasteiger partial charge in [0.05, 0.1) is 12.8 Å². The molecule has 0 aliphatic heterocycles. The molecule has 0 heterocycles. The summed E-state index contributed by atoms with van der Waals surface area (Å²) in [6, 6.07) is -6.95. The zero-order chi connectivity index (χ0) is 10.6. The van der Waals surface area contributed by atoms with E-state index in [2.05, 4.69) is 0 Å². The molecule has 0 atom stereocenters. The quantitative estimate of drug-likeness (QED) is 0.423. The first-order chi connectivity index (χ1) is 5.78. The van der Waals surface area contributed by atoms with Crippen LogP contribution in [-0.2, 0) is 14.4 Å². The Hall–Kier alpha value is 1.16. The van der Waals surface area contributed by atoms with Crippen LogP contribution < -0.4 is 51.4 Å². The monoisotopic (exact) mass is 264 g/mol. The van der Waals surface area contributed by atoms with Crippen molar-refractivity contribution in [2.75, 3.05) is 0 Å². The molecule has 1 N–H and O–H groups in total. The third kappa shape index (κ3) is 8.92. The van der Waals surface area contributed by atoms with Crippen LogP contribution in [0.5, 0.6) is 0 Å². The largest absolute Gasteiger partial charge is 2.00 e. The fourth-order valence-corrected chi connectivity index (χ4v) is 0.661. The van der Waals surface area contributed by atoms with E-state index in [0.29, 0.717) is 0 Å². The SMILES string of the molecule is O=C(F)CC(O)(CC(=O)F)C(=O)F.[H-].[H-].[H-].[K+].[Mg+2]. The van der Waals surface area contributed by atoms with Crippen molar-refractivity contribution in [3.05, 3.63) is 0 Å². The molecule has 80 valence electrons. The van der Waals surface area contributed by atoms with Gasteiger partial charge in [-0.25, -0.2) is 0 Å². The number of carbonyl (C=O) groups excluding carboxylic acids is 3. The molecule has 0 saturated carbocycles. The number of aliphatic hydroxyl groups is 1. The number of carbonyl (C=O) groups is 3. The summed E-state index contributed by atoms with van der Waals surface area (Å²) in [6.45, 7) is 0. The molecule has 9 heteroatoms. The molecule has 15 heavy (non-hydrogen) atoms. The molecule has 0 radical (unpaired) electrons. The van der Waals surface area contributed by atoms with Crippen LogP contribution >= 0.6 is 0 Å². The fraction of sp³-hybridized carbons (Fsp3) is 0.500. The van der Waals surface area contributed by atoms with Gasteiger partial charge in [-0.1, -0.05) is 0 Å². The van der Waals surface area contributed by atoms with Crippen LogP contribution in [0.3, 0.4) is 0 Å². The minimum Gasteiger partial charge on any atom is -1.00 e. The molecule has 0 aliphatic carbocycles. The normalized spacial score (nSPS) is 9.60. The maximum atomic E-state index is 11.9. The molecule has 0 unspecified atom stereocenters. The van der Waals surface area contributed by atoms with Gasteiger partial charge in [-0.2, -0.15) is 13.2 Å². The predicted octanol–water partition coefficient (Wildman–Crippen LogP) is -3.05. The first-order valence-electron chi connectivity index (χ1n) is 3.07. The molecule has 0 aromatic carbocycles. The number of halogens is 3. The Morgan fingerprint density at radius 2 is 1.33 bits per heavy atom. The number of rotatable bonds is 5. The summed E-state index contributed by atoms with van der Waals surface area (Å²) in [5, 5.41) is 8.78. The zero-order valence-electron chi connectivity index (χ0n) is 10.9. The van der Waals surface area contributed by atoms with Crippen molar-refractivity contribution < 1.29 is 88.3 Å². The van der Waals surface area contributed by atoms with Crippen molar-refractivity contribution in [1.29, 1.82) is 0 Å². The van der Waals surface area contributed by atoms with E-state index in [1.54, 1.807) is 0 Å². The molecule has 0 rings (SSSR count). The van der Waals surface area contributed by atoms with Gasteiger partial charge in [-0.15, -0.1) is 0 Å². The fourth-order valence-electron chi connectivity index (χ4n) is 0.661. The number of hydrogen-bond acceptors (Lipinski definition) is 4. The van der Waals surface area contributed by atoms with Crippen LogP contribution in [0.1, 0.15) is 17.1 Å². The predicted molar refractivity (Wildman–Crippen MR) is 41.6 cm³/mol. The van der Waals surface area contributed by atoms with Crippen molar-refractivity contribution >= 4 is 41.2 Å². The van der Waals surface area contributed by atoms with Crippen LogP contribution in [0, 0.1) is 0 Å². The van der Waals surface area contributed by atoms with Crippen LogP contribution in [0.4, 0.5) is 13.2 Å². The first kappa shape index (κ1) is 21.4. The summed E-state index contributed by atoms with van der Waals surface area (Å²) in [4.78, 5) is 29.5. The summed E-state index contributed by atoms with van der Waals surface area (Å²) in [5.74, 6) is 0. The average Bonchev–Trinajstić information content (AvgIpc) is 1.82. The van der Waals surface area contributed by atoms with Crippen molar-refractivity contribution in [1.82, 2.24) is 0 Å². The van der Waals surface area contributed by atoms with E-state index < -0.39 is 36.6 Å². The Balaban J connectivity index is -0.0000000720. The van der Waals surface area contributed by atoms with Crippen molar-refractivity contribution in [3.8, 4) is 0 Å². The van der Waals surface area contributed by atoms with Gasteiger partial charge in [-0.05, 0) is 0 Å². The smallest absolute Gasteiger partial charge is 1.00 e. The van der Waals surface area contributed by atoms with Crippen LogP contribution in [0.25, 0.3) is 0 Å². The average molecular weight is 265 g/mol. The zero-order valence-corrected chi connectivity index (χ0v) is 12.5. The van der Waals surface area contributed by atoms with E-state index in [-0.39, 0.29) is 78.7 Å². The van der Waals surface area contributed by atoms with E-state index in [1.165, 1.54) is 0 Å². The van der Waals surface area contributed by atoms with Gasteiger partial charge in [0.25, 0.3) is 0 Å². The third-order valence-corrected chi connectivity index (χ3v) is 1.23. The second-order valence-corrected chi connectivity index (χ2v) is 2.37. The summed E-state index contributed by atoms with van der Waals surface area (Å²) in [5.41, 5.74) is -3.21. The Bertz CT molecular complexity index is 256. The van der Waals surface area contributed by atoms with Gasteiger partial charge >= 0.3 is 92.5 Å². The molecule has 0 fully saturated rings. The molecule has 0 saturated heterocycles. The van der Waals surface area contributed by atoms with Gasteiger partial charge in [0.1, 0.15) is 0 Å². The van der Waals surface area contributed by atoms with Crippen LogP contribution in [0.2, 0.25) is 0 Å². The van der Waals surface area contributed by atoms with Crippen LogP contribution in [-0.4, -0.2) is 51.9 Å². The summed E-state index contributed by atoms with van der Waals surface area (Å²) in [7, 11) is 0. The molecule has 0 amide bonds. The molecule has 4 nitrogen and oxygen atoms in total. The van der Waals surface area contributed by atoms with Crippen molar-refractivity contribution in [2.24, 2.45) is 0 Å². The second-order valence-electron chi connectivity index (χ2n) is 2.37. The summed E-state index contributed by atoms with van der Waals surface area (Å²) in [6.07, 6.45) is -3.14. The molecule has 0 aliphatic rings. The van der Waals surface area contributed by atoms with Gasteiger partial charge < -0.3 is 9.39 Å². The Kier molecular flexibility index (Phi) is 13.2. The van der Waals surface area contributed by atoms with Crippen LogP contribution in [0.15, 0.2) is 0 Å². The summed E-state index contributed by atoms with van der Waals surface area (Å²) >= 11 is 0. The van der Waals surface area contributed by atoms with E-state index in [0.717, 1.165) is 0 Å². The molecule has 0 aromatic heterocycles. The van der Waals surface area contributed by atoms with Crippen molar-refractivity contribution in [3.63, 3.8) is 0 Å². The molecular weight excluding hydrogens is 256 g/mol. The summed E-state index contributed by atoms with van der Waals surface area (Å²) < 4.78 is 35.3. The standard InChI is InChI=1S/C6H5F3O4.K.Mg.3H/c7-3(10)1-6(13,5(9)12)2-4(8)11;;;;;/h13H,1-2H2;;;;;/q;+1;+2;3*-1. The second kappa shape index (κ2) is 9.22. The Morgan fingerprint density at radius 3 is 1.47 bits per heavy atom. The van der Waals surface area contributed by atoms with Gasteiger partial charge in [0.15, 0.2) is 5.60 Å². The molecule has 0 aromatic rings. The van der Waals surface area contributed by atoms with E-state index in [9.17, 15) is 27.6 Å². The molecular formula is C6H8F3KMgO4. The minimum absolute atomic E-state index is 0. The topological polar surface area (TPSA) is 71.4 Å². The van der Waals surface area contributed by atoms with E-state index in [4.69, 9.17) is 5.11 Å². The molecule has 0 spiro atoms. The first-order valence-corrected chi connectivity index (χ1v) is 3.07. The van der Waals surface area contributed by atoms with Crippen molar-refractivity contribution in [2.45, 2.75) is 18.4 Å². The van der Waals surface area contributed by atoms with Gasteiger partial charge in [0, 0.05) is 0 Å². The van der Waals surface area contributed by atoms with Gasteiger partial charge in [-0.3, -0.25) is 14.4 Å². The van der Waals surface area contributed by atoms with Gasteiger partial charge in [0.2, 0.25) is 0 Å². The van der Waals surface area contributed by atoms with E-state index in [1.807, 2.05) is 0 Å². The maximum Gasteiger partial charge on any atom is 2.00 e. The number of hydrogen-bond donors (Lipinski definition) is 1. The third-order valence-electron chi connectivity index (χ3n) is 1.23.